The highest BCUT2D eigenvalue weighted by atomic mass is 35.5. The number of carboxylic acid groups (broad SMARTS) is 1. The number of amides is 5. The summed E-state index contributed by atoms with van der Waals surface area (Å²) in [4.78, 5) is 78.8. The SMILES string of the molecule is CN(CCN1CCC(N(C(=O)O)c2ccccc2-c2ccccc2)CC1)C(=O)CCCCCCNc1ccc(C(=O)N(C)CCCN(C)C(=O)CO[C@H]2Cc3ccccc3C23CCN(CC[C@]2(c4ccc(F)cc4)CN(C(=O)c4cc(C(F)(F)F)cc(C(F)(F)F)c4)CO2)CC3)cc1.Cl.Cl.Cl. The van der Waals surface area contributed by atoms with Crippen LogP contribution in [0.5, 0.6) is 0 Å². The lowest BCUT2D eigenvalue weighted by Crippen LogP contribution is -2.50. The van der Waals surface area contributed by atoms with Crippen LogP contribution in [0.2, 0.25) is 0 Å². The number of unbranched alkanes of at least 4 members (excludes halogenated alkanes) is 3. The molecule has 2 N–H and O–H groups in total. The first-order chi connectivity index (χ1) is 46.9. The molecule has 0 unspecified atom stereocenters. The highest BCUT2D eigenvalue weighted by molar-refractivity contribution is 5.96. The zero-order valence-corrected chi connectivity index (χ0v) is 59.4. The molecule has 6 aromatic rings. The number of piperidine rings is 2. The number of fused-ring (bicyclic) bond motifs is 2. The highest BCUT2D eigenvalue weighted by Crippen LogP contribution is 2.49. The van der Waals surface area contributed by atoms with Crippen LogP contribution >= 0.6 is 37.2 Å². The van der Waals surface area contributed by atoms with Gasteiger partial charge in [0.1, 0.15) is 24.8 Å². The van der Waals surface area contributed by atoms with Crippen LogP contribution in [0.3, 0.4) is 0 Å². The molecule has 5 amide bonds. The Morgan fingerprint density at radius 1 is 0.644 bits per heavy atom. The molecule has 2 atom stereocenters. The number of likely N-dealkylation sites (N-methyl/N-ethyl adjacent to an activating group) is 2. The molecule has 16 nitrogen and oxygen atoms in total. The van der Waals surface area contributed by atoms with Crippen LogP contribution in [0.15, 0.2) is 146 Å². The molecule has 3 fully saturated rings. The number of likely N-dealkylation sites (tertiary alicyclic amines) is 2. The van der Waals surface area contributed by atoms with E-state index in [0.717, 1.165) is 84.7 Å². The number of carbonyl (C=O) groups excluding carboxylic acids is 4. The zero-order valence-electron chi connectivity index (χ0n) is 57.0. The van der Waals surface area contributed by atoms with Crippen molar-refractivity contribution >= 4 is 78.3 Å². The van der Waals surface area contributed by atoms with Crippen LogP contribution < -0.4 is 10.2 Å². The summed E-state index contributed by atoms with van der Waals surface area (Å²) in [7, 11) is 5.31. The lowest BCUT2D eigenvalue weighted by atomic mass is 9.72. The molecule has 4 aliphatic rings. The molecule has 26 heteroatoms. The summed E-state index contributed by atoms with van der Waals surface area (Å²) in [6.07, 6.45) is -3.29. The molecule has 10 rings (SSSR count). The Bertz CT molecular complexity index is 3680. The lowest BCUT2D eigenvalue weighted by molar-refractivity contribution is -0.143. The van der Waals surface area contributed by atoms with Crippen LogP contribution in [0.1, 0.15) is 119 Å². The van der Waals surface area contributed by atoms with E-state index in [2.05, 4.69) is 27.2 Å². The van der Waals surface area contributed by atoms with E-state index in [1.54, 1.807) is 40.9 Å². The fourth-order valence-electron chi connectivity index (χ4n) is 14.3. The van der Waals surface area contributed by atoms with Crippen molar-refractivity contribution in [1.29, 1.82) is 0 Å². The second-order valence-corrected chi connectivity index (χ2v) is 26.5. The van der Waals surface area contributed by atoms with Crippen LogP contribution in [0.25, 0.3) is 11.1 Å². The normalized spacial score (nSPS) is 17.6. The number of anilines is 2. The van der Waals surface area contributed by atoms with Gasteiger partial charge in [0.05, 0.1) is 29.5 Å². The summed E-state index contributed by atoms with van der Waals surface area (Å²) in [5, 5.41) is 13.8. The molecule has 0 bridgehead atoms. The molecular formula is C75H90Cl3F7N8O8. The first kappa shape index (κ1) is 80.8. The summed E-state index contributed by atoms with van der Waals surface area (Å²) in [6.45, 7) is 5.26. The third kappa shape index (κ3) is 20.2. The largest absolute Gasteiger partial charge is 0.465 e. The number of hydrogen-bond acceptors (Lipinski definition) is 10. The fraction of sp³-hybridized carbons (Fsp3) is 0.453. The van der Waals surface area contributed by atoms with E-state index in [9.17, 15) is 59.8 Å². The summed E-state index contributed by atoms with van der Waals surface area (Å²) >= 11 is 0. The molecule has 1 aliphatic carbocycles. The van der Waals surface area contributed by atoms with Crippen LogP contribution in [0.4, 0.5) is 46.9 Å². The average molecular weight is 1470 g/mol. The quantitative estimate of drug-likeness (QED) is 0.0373. The Hall–Kier alpha value is -7.51. The minimum atomic E-state index is -5.15. The van der Waals surface area contributed by atoms with Crippen molar-refractivity contribution in [3.8, 4) is 11.1 Å². The van der Waals surface area contributed by atoms with Crippen molar-refractivity contribution in [3.05, 3.63) is 190 Å². The van der Waals surface area contributed by atoms with Crippen LogP contribution in [-0.2, 0) is 48.9 Å². The van der Waals surface area contributed by atoms with Gasteiger partial charge in [-0.25, -0.2) is 9.18 Å². The maximum Gasteiger partial charge on any atom is 0.416 e. The molecule has 548 valence electrons. The average Bonchev–Trinajstić information content (AvgIpc) is 1.61. The van der Waals surface area contributed by atoms with Crippen LogP contribution in [0, 0.1) is 5.82 Å². The number of alkyl halides is 6. The lowest BCUT2D eigenvalue weighted by Gasteiger charge is -2.44. The van der Waals surface area contributed by atoms with Crippen molar-refractivity contribution in [1.82, 2.24) is 29.4 Å². The van der Waals surface area contributed by atoms with Gasteiger partial charge < -0.3 is 49.3 Å². The molecule has 0 radical (unpaired) electrons. The van der Waals surface area contributed by atoms with Gasteiger partial charge in [0.25, 0.3) is 11.8 Å². The third-order valence-electron chi connectivity index (χ3n) is 20.1. The number of benzene rings is 6. The van der Waals surface area contributed by atoms with Crippen molar-refractivity contribution in [2.45, 2.75) is 113 Å². The minimum Gasteiger partial charge on any atom is -0.465 e. The number of nitrogens with one attached hydrogen (secondary N) is 1. The van der Waals surface area contributed by atoms with Gasteiger partial charge in [0.15, 0.2) is 0 Å². The predicted octanol–water partition coefficient (Wildman–Crippen LogP) is 14.6. The Labute approximate surface area is 604 Å². The van der Waals surface area contributed by atoms with Crippen molar-refractivity contribution in [2.75, 3.05) is 117 Å². The van der Waals surface area contributed by atoms with E-state index in [-0.39, 0.29) is 92.7 Å². The standard InChI is InChI=1S/C75H87F7N8O8.3ClH/c1-84(37-15-38-86(3)69(93)54-23-29-61(30-24-54)83-36-14-5-4-9-22-67(91)85(2)44-45-87-39-31-62(32-40-87)90(71(95)96)65-21-13-11-19-63(65)53-16-7-6-8-17-53)68(92)50-97-66-48-55-18-10-12-20-64(55)72(66)33-41-88(42-34-72)43-35-73(57-25-27-60(76)28-26-57)51-89(52-98-73)70(94)56-46-58(74(77,78)79)49-59(47-56)75(80,81)82;;;/h6-8,10-13,16-21,23-30,46-47,49,62,66,83H,4-5,9,14-15,22,31-45,48,50-52H2,1-3H3,(H,95,96);3*1H/t66-,73+;;;/m0.../s1. The number of ether oxygens (including phenoxy) is 2. The molecule has 0 saturated carbocycles. The molecule has 6 aromatic carbocycles. The number of hydrogen-bond donors (Lipinski definition) is 2. The molecular weight excluding hydrogens is 1380 g/mol. The van der Waals surface area contributed by atoms with Crippen LogP contribution in [-0.4, -0.2) is 183 Å². The first-order valence-electron chi connectivity index (χ1n) is 33.8. The summed E-state index contributed by atoms with van der Waals surface area (Å²) in [6, 6.07) is 39.1. The minimum absolute atomic E-state index is 0. The first-order valence-corrected chi connectivity index (χ1v) is 33.8. The maximum absolute atomic E-state index is 14.2. The fourth-order valence-corrected chi connectivity index (χ4v) is 14.3. The van der Waals surface area contributed by atoms with E-state index in [4.69, 9.17) is 9.47 Å². The van der Waals surface area contributed by atoms with E-state index in [1.807, 2.05) is 85.9 Å². The van der Waals surface area contributed by atoms with Gasteiger partial charge in [0, 0.05) is 114 Å². The summed E-state index contributed by atoms with van der Waals surface area (Å²) in [5.74, 6) is -1.82. The van der Waals surface area contributed by atoms with Crippen molar-refractivity contribution < 1.29 is 69.3 Å². The zero-order chi connectivity index (χ0) is 69.8. The second kappa shape index (κ2) is 36.1. The second-order valence-electron chi connectivity index (χ2n) is 26.5. The van der Waals surface area contributed by atoms with E-state index in [0.29, 0.717) is 113 Å². The summed E-state index contributed by atoms with van der Waals surface area (Å²) in [5.41, 5.74) is 1.12. The molecule has 3 heterocycles. The van der Waals surface area contributed by atoms with Gasteiger partial charge in [-0.3, -0.25) is 24.1 Å². The van der Waals surface area contributed by atoms with Gasteiger partial charge in [-0.15, -0.1) is 37.2 Å². The van der Waals surface area contributed by atoms with Crippen molar-refractivity contribution in [3.63, 3.8) is 0 Å². The number of carbonyl (C=O) groups is 5. The van der Waals surface area contributed by atoms with Gasteiger partial charge in [-0.05, 0) is 154 Å². The molecule has 3 saturated heterocycles. The van der Waals surface area contributed by atoms with Crippen molar-refractivity contribution in [2.24, 2.45) is 0 Å². The Morgan fingerprint density at radius 2 is 1.25 bits per heavy atom. The number of rotatable bonds is 27. The molecule has 1 spiro atoms. The van der Waals surface area contributed by atoms with E-state index >= 15 is 0 Å². The number of nitrogens with zero attached hydrogens (tertiary/aromatic N) is 7. The van der Waals surface area contributed by atoms with E-state index < -0.39 is 64.6 Å². The Balaban J connectivity index is 0.00000477. The topological polar surface area (TPSA) is 159 Å². The number of halogens is 10. The van der Waals surface area contributed by atoms with Gasteiger partial charge >= 0.3 is 18.4 Å². The Kier molecular flexibility index (Phi) is 28.9. The molecule has 3 aliphatic heterocycles. The monoisotopic (exact) mass is 1470 g/mol. The van der Waals surface area contributed by atoms with Gasteiger partial charge in [-0.1, -0.05) is 97.8 Å². The van der Waals surface area contributed by atoms with E-state index in [1.165, 1.54) is 29.2 Å². The number of para-hydroxylation sites is 1. The highest BCUT2D eigenvalue weighted by Gasteiger charge is 2.50. The smallest absolute Gasteiger partial charge is 0.416 e. The Morgan fingerprint density at radius 3 is 1.91 bits per heavy atom. The molecule has 101 heavy (non-hydrogen) atoms. The maximum atomic E-state index is 14.2. The summed E-state index contributed by atoms with van der Waals surface area (Å²) < 4.78 is 110. The third-order valence-corrected chi connectivity index (χ3v) is 20.1. The van der Waals surface area contributed by atoms with Gasteiger partial charge in [-0.2, -0.15) is 26.3 Å². The van der Waals surface area contributed by atoms with Gasteiger partial charge in [0.2, 0.25) is 11.8 Å². The molecule has 0 aromatic heterocycles. The predicted molar refractivity (Wildman–Crippen MR) is 382 cm³/mol.